The summed E-state index contributed by atoms with van der Waals surface area (Å²) in [5.74, 6) is -0.950. The van der Waals surface area contributed by atoms with Crippen molar-refractivity contribution in [1.82, 2.24) is 4.90 Å². The van der Waals surface area contributed by atoms with Gasteiger partial charge in [0.1, 0.15) is 5.82 Å². The van der Waals surface area contributed by atoms with Gasteiger partial charge in [0.15, 0.2) is 0 Å². The van der Waals surface area contributed by atoms with Gasteiger partial charge in [-0.25, -0.2) is 4.39 Å². The molecule has 0 atom stereocenters. The van der Waals surface area contributed by atoms with Gasteiger partial charge in [-0.2, -0.15) is 13.2 Å². The molecule has 2 aromatic carbocycles. The normalized spacial score (nSPS) is 14.6. The van der Waals surface area contributed by atoms with E-state index in [9.17, 15) is 22.4 Å². The number of alkyl halides is 3. The minimum absolute atomic E-state index is 0.00896. The first kappa shape index (κ1) is 23.6. The lowest BCUT2D eigenvalue weighted by molar-refractivity contribution is -0.136. The number of fused-ring (bicyclic) bond motifs is 1. The fraction of sp³-hybridized carbons (Fsp3) is 0.348. The second-order valence-corrected chi connectivity index (χ2v) is 7.41. The molecule has 172 valence electrons. The summed E-state index contributed by atoms with van der Waals surface area (Å²) >= 11 is 0. The third-order valence-electron chi connectivity index (χ3n) is 5.33. The Hall–Kier alpha value is -3.07. The number of carbonyl (C=O) groups excluding carboxylic acids is 1. The van der Waals surface area contributed by atoms with E-state index in [0.717, 1.165) is 32.1 Å². The van der Waals surface area contributed by atoms with Crippen LogP contribution in [0.5, 0.6) is 0 Å². The van der Waals surface area contributed by atoms with Crippen LogP contribution in [0.15, 0.2) is 42.6 Å². The van der Waals surface area contributed by atoms with E-state index in [1.807, 2.05) is 13.8 Å². The van der Waals surface area contributed by atoms with Gasteiger partial charge in [-0.05, 0) is 62.5 Å². The molecule has 0 aromatic heterocycles. The molecule has 0 unspecified atom stereocenters. The van der Waals surface area contributed by atoms with Crippen LogP contribution in [-0.4, -0.2) is 37.0 Å². The van der Waals surface area contributed by atoms with Gasteiger partial charge in [0, 0.05) is 29.7 Å². The molecule has 5 nitrogen and oxygen atoms in total. The number of nitrogens with one attached hydrogen (secondary N) is 3. The van der Waals surface area contributed by atoms with Crippen molar-refractivity contribution in [3.05, 3.63) is 59.5 Å². The summed E-state index contributed by atoms with van der Waals surface area (Å²) < 4.78 is 54.2. The standard InChI is InChI=1S/C23H26F4N4O/c1-3-31(4-2)11-5-10-28-20-9-7-16(13-19(20)23(25,26)27)29-14-18-17-8-6-15(24)12-21(17)30-22(18)32/h6-9,12-14,28-29H,3-5,10-11H2,1-2H3,(H,30,32). The number of hydrogen-bond donors (Lipinski definition) is 3. The Morgan fingerprint density at radius 2 is 1.84 bits per heavy atom. The number of nitrogens with zero attached hydrogens (tertiary/aromatic N) is 1. The van der Waals surface area contributed by atoms with Crippen LogP contribution in [0.2, 0.25) is 0 Å². The highest BCUT2D eigenvalue weighted by Gasteiger charge is 2.34. The van der Waals surface area contributed by atoms with Gasteiger partial charge >= 0.3 is 6.18 Å². The van der Waals surface area contributed by atoms with Gasteiger partial charge in [-0.15, -0.1) is 0 Å². The number of benzene rings is 2. The average Bonchev–Trinajstić information content (AvgIpc) is 3.06. The van der Waals surface area contributed by atoms with Crippen molar-refractivity contribution in [2.24, 2.45) is 0 Å². The predicted molar refractivity (Wildman–Crippen MR) is 119 cm³/mol. The van der Waals surface area contributed by atoms with E-state index in [1.165, 1.54) is 36.5 Å². The summed E-state index contributed by atoms with van der Waals surface area (Å²) in [5, 5.41) is 8.18. The summed E-state index contributed by atoms with van der Waals surface area (Å²) in [7, 11) is 0. The third-order valence-corrected chi connectivity index (χ3v) is 5.33. The van der Waals surface area contributed by atoms with Crippen molar-refractivity contribution >= 4 is 28.5 Å². The van der Waals surface area contributed by atoms with Gasteiger partial charge in [0.05, 0.1) is 16.8 Å². The number of hydrogen-bond acceptors (Lipinski definition) is 4. The van der Waals surface area contributed by atoms with E-state index in [1.54, 1.807) is 0 Å². The zero-order chi connectivity index (χ0) is 23.3. The van der Waals surface area contributed by atoms with Crippen LogP contribution >= 0.6 is 0 Å². The minimum Gasteiger partial charge on any atom is -0.385 e. The zero-order valence-corrected chi connectivity index (χ0v) is 17.9. The second-order valence-electron chi connectivity index (χ2n) is 7.41. The molecule has 0 fully saturated rings. The molecule has 3 N–H and O–H groups in total. The minimum atomic E-state index is -4.54. The highest BCUT2D eigenvalue weighted by atomic mass is 19.4. The molecule has 0 aliphatic carbocycles. The topological polar surface area (TPSA) is 56.4 Å². The molecule has 32 heavy (non-hydrogen) atoms. The maximum atomic E-state index is 13.6. The Morgan fingerprint density at radius 1 is 1.09 bits per heavy atom. The van der Waals surface area contributed by atoms with Gasteiger partial charge in [-0.3, -0.25) is 4.79 Å². The van der Waals surface area contributed by atoms with E-state index >= 15 is 0 Å². The van der Waals surface area contributed by atoms with Crippen LogP contribution in [0, 0.1) is 5.82 Å². The largest absolute Gasteiger partial charge is 0.418 e. The second kappa shape index (κ2) is 10.0. The Labute approximate surface area is 184 Å². The number of amides is 1. The van der Waals surface area contributed by atoms with Crippen LogP contribution in [0.4, 0.5) is 34.6 Å². The van der Waals surface area contributed by atoms with E-state index in [-0.39, 0.29) is 16.9 Å². The van der Waals surface area contributed by atoms with E-state index in [2.05, 4.69) is 20.9 Å². The van der Waals surface area contributed by atoms with Crippen LogP contribution < -0.4 is 16.0 Å². The molecule has 0 saturated carbocycles. The first-order valence-electron chi connectivity index (χ1n) is 10.5. The molecule has 1 aliphatic rings. The monoisotopic (exact) mass is 450 g/mol. The molecule has 0 radical (unpaired) electrons. The SMILES string of the molecule is CCN(CC)CCCNc1ccc(NC=C2C(=O)Nc3cc(F)ccc32)cc1C(F)(F)F. The molecule has 0 spiro atoms. The molecule has 1 aliphatic heterocycles. The molecule has 2 aromatic rings. The molecule has 0 bridgehead atoms. The fourth-order valence-electron chi connectivity index (χ4n) is 3.55. The number of anilines is 3. The molecular formula is C23H26F4N4O. The highest BCUT2D eigenvalue weighted by Crippen LogP contribution is 2.37. The maximum Gasteiger partial charge on any atom is 0.418 e. The average molecular weight is 450 g/mol. The Balaban J connectivity index is 1.74. The summed E-state index contributed by atoms with van der Waals surface area (Å²) in [6.45, 7) is 7.12. The number of rotatable bonds is 9. The van der Waals surface area contributed by atoms with Crippen LogP contribution in [0.25, 0.3) is 5.57 Å². The first-order valence-corrected chi connectivity index (χ1v) is 10.5. The van der Waals surface area contributed by atoms with E-state index < -0.39 is 23.5 Å². The Morgan fingerprint density at radius 3 is 2.53 bits per heavy atom. The summed E-state index contributed by atoms with van der Waals surface area (Å²) in [6, 6.07) is 7.74. The molecule has 9 heteroatoms. The lowest BCUT2D eigenvalue weighted by Crippen LogP contribution is -2.25. The molecule has 1 amide bonds. The summed E-state index contributed by atoms with van der Waals surface area (Å²) in [4.78, 5) is 14.4. The van der Waals surface area contributed by atoms with Crippen molar-refractivity contribution in [1.29, 1.82) is 0 Å². The van der Waals surface area contributed by atoms with Gasteiger partial charge in [-0.1, -0.05) is 13.8 Å². The lowest BCUT2D eigenvalue weighted by atomic mass is 10.1. The van der Waals surface area contributed by atoms with Gasteiger partial charge < -0.3 is 20.9 Å². The van der Waals surface area contributed by atoms with Crippen LogP contribution in [0.3, 0.4) is 0 Å². The van der Waals surface area contributed by atoms with Crippen LogP contribution in [-0.2, 0) is 11.0 Å². The van der Waals surface area contributed by atoms with Crippen molar-refractivity contribution in [3.8, 4) is 0 Å². The zero-order valence-electron chi connectivity index (χ0n) is 17.9. The summed E-state index contributed by atoms with van der Waals surface area (Å²) in [6.07, 6.45) is -2.49. The van der Waals surface area contributed by atoms with E-state index in [4.69, 9.17) is 0 Å². The lowest BCUT2D eigenvalue weighted by Gasteiger charge is -2.19. The molecule has 3 rings (SSSR count). The number of halogens is 4. The van der Waals surface area contributed by atoms with Crippen molar-refractivity contribution < 1.29 is 22.4 Å². The first-order chi connectivity index (χ1) is 15.2. The molecule has 1 heterocycles. The Bertz CT molecular complexity index is 1000. The fourth-order valence-corrected chi connectivity index (χ4v) is 3.55. The summed E-state index contributed by atoms with van der Waals surface area (Å²) in [5.41, 5.74) is 0.417. The molecular weight excluding hydrogens is 424 g/mol. The third kappa shape index (κ3) is 5.59. The van der Waals surface area contributed by atoms with Crippen LogP contribution in [0.1, 0.15) is 31.4 Å². The van der Waals surface area contributed by atoms with E-state index in [0.29, 0.717) is 17.8 Å². The van der Waals surface area contributed by atoms with Gasteiger partial charge in [0.25, 0.3) is 5.91 Å². The van der Waals surface area contributed by atoms with Gasteiger partial charge in [0.2, 0.25) is 0 Å². The smallest absolute Gasteiger partial charge is 0.385 e. The molecule has 0 saturated heterocycles. The van der Waals surface area contributed by atoms with Crippen molar-refractivity contribution in [2.45, 2.75) is 26.4 Å². The van der Waals surface area contributed by atoms with Crippen molar-refractivity contribution in [3.63, 3.8) is 0 Å². The van der Waals surface area contributed by atoms with Crippen molar-refractivity contribution in [2.75, 3.05) is 42.1 Å². The maximum absolute atomic E-state index is 13.6. The number of carbonyl (C=O) groups is 1. The quantitative estimate of drug-likeness (QED) is 0.272. The highest BCUT2D eigenvalue weighted by molar-refractivity contribution is 6.31. The predicted octanol–water partition coefficient (Wildman–Crippen LogP) is 5.39. The Kier molecular flexibility index (Phi) is 7.40.